The molecule has 2 aromatic carbocycles. The van der Waals surface area contributed by atoms with Gasteiger partial charge in [0.1, 0.15) is 5.82 Å². The van der Waals surface area contributed by atoms with Crippen LogP contribution in [-0.2, 0) is 0 Å². The summed E-state index contributed by atoms with van der Waals surface area (Å²) in [5.74, 6) is 1.26. The van der Waals surface area contributed by atoms with E-state index in [0.29, 0.717) is 5.92 Å². The molecule has 3 rings (SSSR count). The van der Waals surface area contributed by atoms with Crippen LogP contribution in [0.15, 0.2) is 48.5 Å². The van der Waals surface area contributed by atoms with Gasteiger partial charge in [-0.15, -0.1) is 0 Å². The standard InChI is InChI=1S/C22H27F/c1-2-3-7-17-10-12-19(13-11-17)21-15-14-20(16-22(21)23)18-8-5-4-6-9-18/h4-6,8-9,14-17,19H,2-3,7,10-13H2,1H3. The lowest BCUT2D eigenvalue weighted by Gasteiger charge is -2.29. The maximum Gasteiger partial charge on any atom is 0.127 e. The van der Waals surface area contributed by atoms with Gasteiger partial charge in [0, 0.05) is 0 Å². The Labute approximate surface area is 139 Å². The van der Waals surface area contributed by atoms with Crippen molar-refractivity contribution in [2.75, 3.05) is 0 Å². The number of halogens is 1. The molecule has 0 spiro atoms. The molecule has 0 nitrogen and oxygen atoms in total. The van der Waals surface area contributed by atoms with E-state index in [1.54, 1.807) is 6.07 Å². The third-order valence-electron chi connectivity index (χ3n) is 5.36. The summed E-state index contributed by atoms with van der Waals surface area (Å²) >= 11 is 0. The Bertz CT molecular complexity index is 609. The first-order chi connectivity index (χ1) is 11.3. The molecule has 0 amide bonds. The van der Waals surface area contributed by atoms with Crippen LogP contribution in [0.25, 0.3) is 11.1 Å². The molecule has 0 aromatic heterocycles. The van der Waals surface area contributed by atoms with Gasteiger partial charge in [0.05, 0.1) is 0 Å². The van der Waals surface area contributed by atoms with Crippen molar-refractivity contribution in [3.05, 3.63) is 59.9 Å². The summed E-state index contributed by atoms with van der Waals surface area (Å²) in [6.45, 7) is 2.26. The maximum atomic E-state index is 14.6. The molecule has 1 aliphatic carbocycles. The summed E-state index contributed by atoms with van der Waals surface area (Å²) in [6, 6.07) is 15.9. The first-order valence-corrected chi connectivity index (χ1v) is 9.12. The Morgan fingerprint density at radius 2 is 1.65 bits per heavy atom. The van der Waals surface area contributed by atoms with Gasteiger partial charge in [-0.05, 0) is 60.3 Å². The van der Waals surface area contributed by atoms with Crippen molar-refractivity contribution in [2.45, 2.75) is 57.8 Å². The first-order valence-electron chi connectivity index (χ1n) is 9.12. The molecule has 122 valence electrons. The summed E-state index contributed by atoms with van der Waals surface area (Å²) in [4.78, 5) is 0. The fourth-order valence-corrected chi connectivity index (χ4v) is 3.92. The summed E-state index contributed by atoms with van der Waals surface area (Å²) < 4.78 is 14.6. The van der Waals surface area contributed by atoms with Crippen LogP contribution < -0.4 is 0 Å². The van der Waals surface area contributed by atoms with Gasteiger partial charge in [0.2, 0.25) is 0 Å². The minimum atomic E-state index is -0.0247. The van der Waals surface area contributed by atoms with Crippen LogP contribution in [0.1, 0.15) is 63.4 Å². The molecule has 0 atom stereocenters. The van der Waals surface area contributed by atoms with Gasteiger partial charge < -0.3 is 0 Å². The van der Waals surface area contributed by atoms with Crippen LogP contribution in [-0.4, -0.2) is 0 Å². The van der Waals surface area contributed by atoms with Crippen LogP contribution in [0.2, 0.25) is 0 Å². The molecule has 0 radical (unpaired) electrons. The highest BCUT2D eigenvalue weighted by Gasteiger charge is 2.24. The van der Waals surface area contributed by atoms with E-state index in [1.807, 2.05) is 36.4 Å². The SMILES string of the molecule is CCCCC1CCC(c2ccc(-c3ccccc3)cc2F)CC1. The quantitative estimate of drug-likeness (QED) is 0.560. The van der Waals surface area contributed by atoms with E-state index in [2.05, 4.69) is 13.0 Å². The van der Waals surface area contributed by atoms with Crippen molar-refractivity contribution >= 4 is 0 Å². The summed E-state index contributed by atoms with van der Waals surface area (Å²) in [5.41, 5.74) is 2.99. The van der Waals surface area contributed by atoms with Gasteiger partial charge in [-0.2, -0.15) is 0 Å². The molecule has 1 fully saturated rings. The second kappa shape index (κ2) is 7.77. The zero-order valence-electron chi connectivity index (χ0n) is 14.1. The topological polar surface area (TPSA) is 0 Å². The van der Waals surface area contributed by atoms with Crippen molar-refractivity contribution in [1.29, 1.82) is 0 Å². The van der Waals surface area contributed by atoms with Crippen molar-refractivity contribution in [1.82, 2.24) is 0 Å². The molecule has 0 unspecified atom stereocenters. The molecule has 1 saturated carbocycles. The average Bonchev–Trinajstić information content (AvgIpc) is 2.61. The van der Waals surface area contributed by atoms with Crippen LogP contribution in [0.4, 0.5) is 4.39 Å². The van der Waals surface area contributed by atoms with Crippen molar-refractivity contribution < 1.29 is 4.39 Å². The Morgan fingerprint density at radius 1 is 0.913 bits per heavy atom. The Morgan fingerprint density at radius 3 is 2.30 bits per heavy atom. The predicted octanol–water partition coefficient (Wildman–Crippen LogP) is 6.96. The molecule has 0 N–H and O–H groups in total. The maximum absolute atomic E-state index is 14.6. The Kier molecular flexibility index (Phi) is 5.48. The number of unbranched alkanes of at least 4 members (excludes halogenated alkanes) is 1. The van der Waals surface area contributed by atoms with E-state index < -0.39 is 0 Å². The van der Waals surface area contributed by atoms with E-state index in [-0.39, 0.29) is 5.82 Å². The van der Waals surface area contributed by atoms with Crippen LogP contribution >= 0.6 is 0 Å². The number of hydrogen-bond acceptors (Lipinski definition) is 0. The minimum Gasteiger partial charge on any atom is -0.207 e. The van der Waals surface area contributed by atoms with E-state index >= 15 is 0 Å². The summed E-state index contributed by atoms with van der Waals surface area (Å²) in [6.07, 6.45) is 8.82. The smallest absolute Gasteiger partial charge is 0.127 e. The molecular formula is C22H27F. The van der Waals surface area contributed by atoms with Crippen molar-refractivity contribution in [2.24, 2.45) is 5.92 Å². The van der Waals surface area contributed by atoms with Crippen molar-refractivity contribution in [3.8, 4) is 11.1 Å². The largest absolute Gasteiger partial charge is 0.207 e. The second-order valence-corrected chi connectivity index (χ2v) is 6.96. The Balaban J connectivity index is 1.68. The number of hydrogen-bond donors (Lipinski definition) is 0. The molecular weight excluding hydrogens is 283 g/mol. The minimum absolute atomic E-state index is 0.0247. The van der Waals surface area contributed by atoms with Crippen LogP contribution in [0.5, 0.6) is 0 Å². The molecule has 1 aliphatic rings. The van der Waals surface area contributed by atoms with Gasteiger partial charge in [-0.25, -0.2) is 4.39 Å². The summed E-state index contributed by atoms with van der Waals surface area (Å²) in [7, 11) is 0. The highest BCUT2D eigenvalue weighted by Crippen LogP contribution is 2.39. The van der Waals surface area contributed by atoms with E-state index in [9.17, 15) is 4.39 Å². The normalized spacial score (nSPS) is 21.3. The van der Waals surface area contributed by atoms with E-state index in [4.69, 9.17) is 0 Å². The first kappa shape index (κ1) is 16.2. The van der Waals surface area contributed by atoms with Crippen LogP contribution in [0.3, 0.4) is 0 Å². The van der Waals surface area contributed by atoms with E-state index in [0.717, 1.165) is 35.4 Å². The highest BCUT2D eigenvalue weighted by atomic mass is 19.1. The fourth-order valence-electron chi connectivity index (χ4n) is 3.92. The lowest BCUT2D eigenvalue weighted by Crippen LogP contribution is -2.14. The zero-order valence-corrected chi connectivity index (χ0v) is 14.1. The lowest BCUT2D eigenvalue weighted by atomic mass is 9.77. The number of rotatable bonds is 5. The molecule has 0 heterocycles. The van der Waals surface area contributed by atoms with Gasteiger partial charge in [-0.3, -0.25) is 0 Å². The fraction of sp³-hybridized carbons (Fsp3) is 0.455. The zero-order chi connectivity index (χ0) is 16.1. The Hall–Kier alpha value is -1.63. The number of benzene rings is 2. The average molecular weight is 310 g/mol. The second-order valence-electron chi connectivity index (χ2n) is 6.96. The predicted molar refractivity (Wildman–Crippen MR) is 96.1 cm³/mol. The van der Waals surface area contributed by atoms with Crippen LogP contribution in [0, 0.1) is 11.7 Å². The molecule has 1 heteroatoms. The summed E-state index contributed by atoms with van der Waals surface area (Å²) in [5, 5.41) is 0. The molecule has 0 saturated heterocycles. The van der Waals surface area contributed by atoms with Crippen molar-refractivity contribution in [3.63, 3.8) is 0 Å². The molecule has 2 aromatic rings. The van der Waals surface area contributed by atoms with Gasteiger partial charge in [-0.1, -0.05) is 68.7 Å². The monoisotopic (exact) mass is 310 g/mol. The molecule has 0 aliphatic heterocycles. The van der Waals surface area contributed by atoms with E-state index in [1.165, 1.54) is 32.1 Å². The third-order valence-corrected chi connectivity index (χ3v) is 5.36. The van der Waals surface area contributed by atoms with Gasteiger partial charge in [0.15, 0.2) is 0 Å². The van der Waals surface area contributed by atoms with Gasteiger partial charge >= 0.3 is 0 Å². The third kappa shape index (κ3) is 4.02. The highest BCUT2D eigenvalue weighted by molar-refractivity contribution is 5.63. The molecule has 23 heavy (non-hydrogen) atoms. The lowest BCUT2D eigenvalue weighted by molar-refractivity contribution is 0.301. The van der Waals surface area contributed by atoms with Gasteiger partial charge in [0.25, 0.3) is 0 Å². The molecule has 0 bridgehead atoms.